The molecule has 2 heterocycles. The third kappa shape index (κ3) is 2.80. The Hall–Kier alpha value is -1.85. The standard InChI is InChI=1S/C16H19NO4/c1-16(7-4-8-20-10-16)17-9-12-11-5-2-3-6-13(11)21-14(12)15(18)19/h2-3,5-6,17H,4,7-10H2,1H3,(H,18,19). The summed E-state index contributed by atoms with van der Waals surface area (Å²) >= 11 is 0. The van der Waals surface area contributed by atoms with Crippen LogP contribution < -0.4 is 5.32 Å². The van der Waals surface area contributed by atoms with Crippen LogP contribution >= 0.6 is 0 Å². The van der Waals surface area contributed by atoms with Gasteiger partial charge in [0.25, 0.3) is 0 Å². The molecule has 0 radical (unpaired) electrons. The van der Waals surface area contributed by atoms with Gasteiger partial charge in [-0.05, 0) is 25.8 Å². The second-order valence-corrected chi connectivity index (χ2v) is 5.78. The fraction of sp³-hybridized carbons (Fsp3) is 0.438. The average Bonchev–Trinajstić information content (AvgIpc) is 2.85. The SMILES string of the molecule is CC1(NCc2c(C(=O)O)oc3ccccc23)CCCOC1. The Morgan fingerprint density at radius 1 is 1.43 bits per heavy atom. The van der Waals surface area contributed by atoms with Gasteiger partial charge in [-0.25, -0.2) is 4.79 Å². The van der Waals surface area contributed by atoms with E-state index in [0.717, 1.165) is 24.8 Å². The van der Waals surface area contributed by atoms with Crippen LogP contribution in [0.5, 0.6) is 0 Å². The molecule has 112 valence electrons. The lowest BCUT2D eigenvalue weighted by Gasteiger charge is -2.34. The number of hydrogen-bond donors (Lipinski definition) is 2. The number of benzene rings is 1. The number of aromatic carboxylic acids is 1. The van der Waals surface area contributed by atoms with Crippen LogP contribution in [-0.2, 0) is 11.3 Å². The van der Waals surface area contributed by atoms with Gasteiger partial charge in [-0.1, -0.05) is 18.2 Å². The van der Waals surface area contributed by atoms with E-state index in [0.29, 0.717) is 24.3 Å². The minimum atomic E-state index is -1.03. The summed E-state index contributed by atoms with van der Waals surface area (Å²) in [6.07, 6.45) is 2.03. The molecule has 5 nitrogen and oxygen atoms in total. The molecular weight excluding hydrogens is 270 g/mol. The summed E-state index contributed by atoms with van der Waals surface area (Å²) in [5.41, 5.74) is 1.19. The van der Waals surface area contributed by atoms with Gasteiger partial charge >= 0.3 is 5.97 Å². The average molecular weight is 289 g/mol. The van der Waals surface area contributed by atoms with E-state index in [9.17, 15) is 9.90 Å². The van der Waals surface area contributed by atoms with E-state index in [1.54, 1.807) is 6.07 Å². The number of hydrogen-bond acceptors (Lipinski definition) is 4. The monoisotopic (exact) mass is 289 g/mol. The van der Waals surface area contributed by atoms with Crippen molar-refractivity contribution in [1.82, 2.24) is 5.32 Å². The zero-order valence-corrected chi connectivity index (χ0v) is 12.0. The molecule has 0 saturated carbocycles. The molecule has 1 atom stereocenters. The molecular formula is C16H19NO4. The van der Waals surface area contributed by atoms with E-state index in [1.807, 2.05) is 18.2 Å². The number of ether oxygens (including phenoxy) is 1. The highest BCUT2D eigenvalue weighted by atomic mass is 16.5. The number of para-hydroxylation sites is 1. The second kappa shape index (κ2) is 5.50. The van der Waals surface area contributed by atoms with Crippen molar-refractivity contribution in [3.8, 4) is 0 Å². The Balaban J connectivity index is 1.88. The van der Waals surface area contributed by atoms with Gasteiger partial charge in [-0.15, -0.1) is 0 Å². The Morgan fingerprint density at radius 3 is 2.95 bits per heavy atom. The minimum absolute atomic E-state index is 0.0176. The van der Waals surface area contributed by atoms with Crippen LogP contribution in [0.2, 0.25) is 0 Å². The van der Waals surface area contributed by atoms with Gasteiger partial charge in [0.2, 0.25) is 5.76 Å². The van der Waals surface area contributed by atoms with E-state index < -0.39 is 5.97 Å². The topological polar surface area (TPSA) is 71.7 Å². The maximum atomic E-state index is 11.4. The molecule has 3 rings (SSSR count). The molecule has 2 N–H and O–H groups in total. The highest BCUT2D eigenvalue weighted by Crippen LogP contribution is 2.27. The Bertz CT molecular complexity index is 655. The van der Waals surface area contributed by atoms with Crippen molar-refractivity contribution in [2.45, 2.75) is 31.8 Å². The lowest BCUT2D eigenvalue weighted by Crippen LogP contribution is -2.48. The molecule has 1 aliphatic heterocycles. The molecule has 1 aromatic carbocycles. The van der Waals surface area contributed by atoms with Crippen molar-refractivity contribution in [3.05, 3.63) is 35.6 Å². The maximum absolute atomic E-state index is 11.4. The molecule has 0 spiro atoms. The predicted molar refractivity (Wildman–Crippen MR) is 78.5 cm³/mol. The van der Waals surface area contributed by atoms with E-state index in [2.05, 4.69) is 12.2 Å². The first-order valence-electron chi connectivity index (χ1n) is 7.15. The van der Waals surface area contributed by atoms with Gasteiger partial charge in [0.15, 0.2) is 0 Å². The van der Waals surface area contributed by atoms with E-state index in [1.165, 1.54) is 0 Å². The first-order valence-corrected chi connectivity index (χ1v) is 7.15. The van der Waals surface area contributed by atoms with Crippen LogP contribution in [0, 0.1) is 0 Å². The number of furan rings is 1. The number of carboxylic acids is 1. The number of rotatable bonds is 4. The number of nitrogens with one attached hydrogen (secondary N) is 1. The third-order valence-corrected chi connectivity index (χ3v) is 4.02. The summed E-state index contributed by atoms with van der Waals surface area (Å²) in [7, 11) is 0. The molecule has 0 bridgehead atoms. The third-order valence-electron chi connectivity index (χ3n) is 4.02. The first-order chi connectivity index (χ1) is 10.1. The Morgan fingerprint density at radius 2 is 2.24 bits per heavy atom. The molecule has 1 unspecified atom stereocenters. The molecule has 0 amide bonds. The van der Waals surface area contributed by atoms with Crippen LogP contribution in [0.15, 0.2) is 28.7 Å². The summed E-state index contributed by atoms with van der Waals surface area (Å²) in [6.45, 7) is 4.00. The van der Waals surface area contributed by atoms with Crippen molar-refractivity contribution < 1.29 is 19.1 Å². The number of carboxylic acid groups (broad SMARTS) is 1. The summed E-state index contributed by atoms with van der Waals surface area (Å²) in [4.78, 5) is 11.4. The summed E-state index contributed by atoms with van der Waals surface area (Å²) in [5, 5.41) is 13.6. The van der Waals surface area contributed by atoms with Gasteiger partial charge in [0.05, 0.1) is 6.61 Å². The molecule has 1 aromatic heterocycles. The van der Waals surface area contributed by atoms with Gasteiger partial charge in [-0.3, -0.25) is 0 Å². The highest BCUT2D eigenvalue weighted by Gasteiger charge is 2.28. The molecule has 21 heavy (non-hydrogen) atoms. The second-order valence-electron chi connectivity index (χ2n) is 5.78. The molecule has 5 heteroatoms. The molecule has 2 aromatic rings. The predicted octanol–water partition coefficient (Wildman–Crippen LogP) is 2.79. The summed E-state index contributed by atoms with van der Waals surface area (Å²) in [6, 6.07) is 7.40. The van der Waals surface area contributed by atoms with Crippen LogP contribution in [0.4, 0.5) is 0 Å². The quantitative estimate of drug-likeness (QED) is 0.905. The zero-order chi connectivity index (χ0) is 14.9. The van der Waals surface area contributed by atoms with Crippen molar-refractivity contribution in [2.75, 3.05) is 13.2 Å². The first kappa shape index (κ1) is 14.1. The Labute approximate surface area is 122 Å². The van der Waals surface area contributed by atoms with Gasteiger partial charge in [0, 0.05) is 29.6 Å². The van der Waals surface area contributed by atoms with Gasteiger partial charge in [-0.2, -0.15) is 0 Å². The largest absolute Gasteiger partial charge is 0.475 e. The van der Waals surface area contributed by atoms with Crippen LogP contribution in [0.3, 0.4) is 0 Å². The van der Waals surface area contributed by atoms with E-state index >= 15 is 0 Å². The lowest BCUT2D eigenvalue weighted by atomic mass is 9.94. The van der Waals surface area contributed by atoms with Crippen molar-refractivity contribution >= 4 is 16.9 Å². The maximum Gasteiger partial charge on any atom is 0.372 e. The molecule has 1 saturated heterocycles. The zero-order valence-electron chi connectivity index (χ0n) is 12.0. The summed E-state index contributed by atoms with van der Waals surface area (Å²) < 4.78 is 11.0. The molecule has 1 aliphatic rings. The fourth-order valence-corrected chi connectivity index (χ4v) is 2.82. The normalized spacial score (nSPS) is 22.5. The highest BCUT2D eigenvalue weighted by molar-refractivity contribution is 5.95. The number of carbonyl (C=O) groups is 1. The van der Waals surface area contributed by atoms with Crippen molar-refractivity contribution in [3.63, 3.8) is 0 Å². The fourth-order valence-electron chi connectivity index (χ4n) is 2.82. The molecule has 0 aliphatic carbocycles. The Kier molecular flexibility index (Phi) is 3.69. The van der Waals surface area contributed by atoms with Crippen molar-refractivity contribution in [1.29, 1.82) is 0 Å². The smallest absolute Gasteiger partial charge is 0.372 e. The lowest BCUT2D eigenvalue weighted by molar-refractivity contribution is 0.0277. The summed E-state index contributed by atoms with van der Waals surface area (Å²) in [5.74, 6) is -1.02. The van der Waals surface area contributed by atoms with Crippen LogP contribution in [-0.4, -0.2) is 29.8 Å². The van der Waals surface area contributed by atoms with E-state index in [4.69, 9.17) is 9.15 Å². The van der Waals surface area contributed by atoms with Crippen LogP contribution in [0.1, 0.15) is 35.9 Å². The van der Waals surface area contributed by atoms with Gasteiger partial charge in [0.1, 0.15) is 5.58 Å². The minimum Gasteiger partial charge on any atom is -0.475 e. The number of fused-ring (bicyclic) bond motifs is 1. The van der Waals surface area contributed by atoms with Crippen molar-refractivity contribution in [2.24, 2.45) is 0 Å². The molecule has 1 fully saturated rings. The van der Waals surface area contributed by atoms with Gasteiger partial charge < -0.3 is 19.6 Å². The van der Waals surface area contributed by atoms with E-state index in [-0.39, 0.29) is 11.3 Å². The van der Waals surface area contributed by atoms with Crippen LogP contribution in [0.25, 0.3) is 11.0 Å².